The molecule has 1 N–H and O–H groups in total. The van der Waals surface area contributed by atoms with Crippen LogP contribution in [0.1, 0.15) is 26.7 Å². The number of furan rings is 1. The van der Waals surface area contributed by atoms with Gasteiger partial charge in [-0.15, -0.1) is 10.2 Å². The average molecular weight is 449 g/mol. The number of thioether (sulfide) groups is 1. The number of carbonyl (C=O) groups excluding carboxylic acids is 2. The van der Waals surface area contributed by atoms with Gasteiger partial charge < -0.3 is 14.5 Å². The molecule has 32 heavy (non-hydrogen) atoms. The van der Waals surface area contributed by atoms with Gasteiger partial charge >= 0.3 is 0 Å². The molecule has 1 amide bonds. The van der Waals surface area contributed by atoms with E-state index >= 15 is 0 Å². The largest absolute Gasteiger partial charge is 0.497 e. The molecule has 0 spiro atoms. The molecule has 0 unspecified atom stereocenters. The van der Waals surface area contributed by atoms with Crippen LogP contribution in [0.15, 0.2) is 82.6 Å². The first kappa shape index (κ1) is 21.4. The third-order valence-electron chi connectivity index (χ3n) is 4.61. The summed E-state index contributed by atoms with van der Waals surface area (Å²) in [6, 6.07) is 19.8. The molecule has 9 heteroatoms. The molecule has 0 fully saturated rings. The van der Waals surface area contributed by atoms with Crippen molar-refractivity contribution in [2.75, 3.05) is 12.9 Å². The van der Waals surface area contributed by atoms with E-state index in [1.54, 1.807) is 43.5 Å². The van der Waals surface area contributed by atoms with Gasteiger partial charge in [0.1, 0.15) is 5.75 Å². The van der Waals surface area contributed by atoms with Crippen LogP contribution in [0.25, 0.3) is 5.69 Å². The van der Waals surface area contributed by atoms with E-state index in [2.05, 4.69) is 15.5 Å². The molecule has 2 aromatic heterocycles. The summed E-state index contributed by atoms with van der Waals surface area (Å²) < 4.78 is 12.1. The van der Waals surface area contributed by atoms with Crippen molar-refractivity contribution in [2.45, 2.75) is 11.7 Å². The van der Waals surface area contributed by atoms with Gasteiger partial charge in [-0.2, -0.15) is 0 Å². The lowest BCUT2D eigenvalue weighted by atomic mass is 10.1. The molecule has 0 aliphatic carbocycles. The van der Waals surface area contributed by atoms with Crippen LogP contribution in [-0.4, -0.2) is 39.3 Å². The molecule has 0 bridgehead atoms. The fourth-order valence-electron chi connectivity index (χ4n) is 2.99. The van der Waals surface area contributed by atoms with E-state index in [0.29, 0.717) is 22.3 Å². The van der Waals surface area contributed by atoms with E-state index in [1.165, 1.54) is 18.0 Å². The molecule has 4 rings (SSSR count). The Hall–Kier alpha value is -3.85. The molecule has 0 aliphatic rings. The number of ketones is 1. The van der Waals surface area contributed by atoms with Crippen molar-refractivity contribution in [2.24, 2.45) is 0 Å². The number of aromatic nitrogens is 3. The SMILES string of the molecule is COc1ccc(C(=O)CSc2nnc(CNC(=O)c3ccco3)n2-c2ccccc2)cc1. The number of nitrogens with zero attached hydrogens (tertiary/aromatic N) is 3. The zero-order valence-electron chi connectivity index (χ0n) is 17.2. The zero-order chi connectivity index (χ0) is 22.3. The highest BCUT2D eigenvalue weighted by Crippen LogP contribution is 2.23. The fraction of sp³-hybridized carbons (Fsp3) is 0.130. The second-order valence-electron chi connectivity index (χ2n) is 6.67. The van der Waals surface area contributed by atoms with Gasteiger partial charge in [0.15, 0.2) is 22.5 Å². The van der Waals surface area contributed by atoms with Crippen LogP contribution in [0.5, 0.6) is 5.75 Å². The molecular formula is C23H20N4O4S. The minimum Gasteiger partial charge on any atom is -0.497 e. The quantitative estimate of drug-likeness (QED) is 0.307. The lowest BCUT2D eigenvalue weighted by molar-refractivity contribution is 0.0921. The second kappa shape index (κ2) is 9.97. The van der Waals surface area contributed by atoms with Crippen LogP contribution in [0.2, 0.25) is 0 Å². The number of hydrogen-bond donors (Lipinski definition) is 1. The average Bonchev–Trinajstić information content (AvgIpc) is 3.52. The summed E-state index contributed by atoms with van der Waals surface area (Å²) in [4.78, 5) is 24.9. The molecule has 0 radical (unpaired) electrons. The number of rotatable bonds is 9. The van der Waals surface area contributed by atoms with E-state index in [0.717, 1.165) is 5.69 Å². The van der Waals surface area contributed by atoms with E-state index in [9.17, 15) is 9.59 Å². The van der Waals surface area contributed by atoms with Crippen LogP contribution in [0, 0.1) is 0 Å². The Labute approximate surface area is 188 Å². The van der Waals surface area contributed by atoms with Gasteiger partial charge in [-0.3, -0.25) is 14.2 Å². The van der Waals surface area contributed by atoms with E-state index < -0.39 is 0 Å². The number of para-hydroxylation sites is 1. The van der Waals surface area contributed by atoms with Gasteiger partial charge in [0.2, 0.25) is 0 Å². The molecule has 0 saturated carbocycles. The van der Waals surface area contributed by atoms with Gasteiger partial charge in [0.05, 0.1) is 25.7 Å². The van der Waals surface area contributed by atoms with Crippen LogP contribution in [0.3, 0.4) is 0 Å². The predicted octanol–water partition coefficient (Wildman–Crippen LogP) is 3.77. The topological polar surface area (TPSA) is 99.2 Å². The first-order valence-corrected chi connectivity index (χ1v) is 10.8. The molecule has 0 atom stereocenters. The van der Waals surface area contributed by atoms with Crippen molar-refractivity contribution < 1.29 is 18.7 Å². The number of Topliss-reactive ketones (excluding diaryl/α,β-unsaturated/α-hetero) is 1. The van der Waals surface area contributed by atoms with Gasteiger partial charge in [-0.1, -0.05) is 30.0 Å². The Kier molecular flexibility index (Phi) is 6.66. The van der Waals surface area contributed by atoms with Gasteiger partial charge in [-0.05, 0) is 48.5 Å². The molecule has 2 aromatic carbocycles. The highest BCUT2D eigenvalue weighted by atomic mass is 32.2. The third-order valence-corrected chi connectivity index (χ3v) is 5.54. The van der Waals surface area contributed by atoms with Crippen molar-refractivity contribution in [3.63, 3.8) is 0 Å². The molecular weight excluding hydrogens is 428 g/mol. The Morgan fingerprint density at radius 3 is 2.50 bits per heavy atom. The molecule has 2 heterocycles. The van der Waals surface area contributed by atoms with Gasteiger partial charge in [-0.25, -0.2) is 0 Å². The summed E-state index contributed by atoms with van der Waals surface area (Å²) in [7, 11) is 1.58. The molecule has 8 nitrogen and oxygen atoms in total. The first-order chi connectivity index (χ1) is 15.7. The zero-order valence-corrected chi connectivity index (χ0v) is 18.0. The minimum atomic E-state index is -0.346. The second-order valence-corrected chi connectivity index (χ2v) is 7.61. The number of amides is 1. The Morgan fingerprint density at radius 1 is 1.03 bits per heavy atom. The molecule has 162 valence electrons. The van der Waals surface area contributed by atoms with Crippen LogP contribution >= 0.6 is 11.8 Å². The summed E-state index contributed by atoms with van der Waals surface area (Å²) in [5, 5.41) is 11.8. The Bertz CT molecular complexity index is 1190. The van der Waals surface area contributed by atoms with Crippen molar-refractivity contribution >= 4 is 23.5 Å². The van der Waals surface area contributed by atoms with E-state index in [4.69, 9.17) is 9.15 Å². The van der Waals surface area contributed by atoms with Crippen LogP contribution in [-0.2, 0) is 6.54 Å². The molecule has 0 saturated heterocycles. The maximum Gasteiger partial charge on any atom is 0.287 e. The van der Waals surface area contributed by atoms with Gasteiger partial charge in [0, 0.05) is 11.3 Å². The van der Waals surface area contributed by atoms with Crippen LogP contribution in [0.4, 0.5) is 0 Å². The molecule has 4 aromatic rings. The Balaban J connectivity index is 1.51. The number of ether oxygens (including phenoxy) is 1. The summed E-state index contributed by atoms with van der Waals surface area (Å²) in [6.45, 7) is 0.147. The summed E-state index contributed by atoms with van der Waals surface area (Å²) >= 11 is 1.28. The number of carbonyl (C=O) groups is 2. The van der Waals surface area contributed by atoms with Crippen LogP contribution < -0.4 is 10.1 Å². The van der Waals surface area contributed by atoms with Crippen molar-refractivity contribution in [3.05, 3.63) is 90.1 Å². The van der Waals surface area contributed by atoms with E-state index in [-0.39, 0.29) is 29.7 Å². The van der Waals surface area contributed by atoms with Crippen molar-refractivity contribution in [1.82, 2.24) is 20.1 Å². The number of nitrogens with one attached hydrogen (secondary N) is 1. The minimum absolute atomic E-state index is 0.0343. The third kappa shape index (κ3) is 4.89. The monoisotopic (exact) mass is 448 g/mol. The van der Waals surface area contributed by atoms with Crippen molar-refractivity contribution in [1.29, 1.82) is 0 Å². The molecule has 0 aliphatic heterocycles. The predicted molar refractivity (Wildman–Crippen MR) is 119 cm³/mol. The first-order valence-electron chi connectivity index (χ1n) is 9.77. The smallest absolute Gasteiger partial charge is 0.287 e. The van der Waals surface area contributed by atoms with Crippen molar-refractivity contribution in [3.8, 4) is 11.4 Å². The highest BCUT2D eigenvalue weighted by Gasteiger charge is 2.18. The normalized spacial score (nSPS) is 10.7. The summed E-state index contributed by atoms with van der Waals surface area (Å²) in [5.41, 5.74) is 1.43. The lowest BCUT2D eigenvalue weighted by Crippen LogP contribution is -2.24. The number of hydrogen-bond acceptors (Lipinski definition) is 7. The summed E-state index contributed by atoms with van der Waals surface area (Å²) in [5.74, 6) is 1.26. The maximum atomic E-state index is 12.6. The lowest BCUT2D eigenvalue weighted by Gasteiger charge is -2.10. The standard InChI is InChI=1S/C23H20N4O4S/c1-30-18-11-9-16(10-12-18)19(28)15-32-23-26-25-21(27(23)17-6-3-2-4-7-17)14-24-22(29)20-8-5-13-31-20/h2-13H,14-15H2,1H3,(H,24,29). The highest BCUT2D eigenvalue weighted by molar-refractivity contribution is 7.99. The Morgan fingerprint density at radius 2 is 1.81 bits per heavy atom. The fourth-order valence-corrected chi connectivity index (χ4v) is 3.85. The van der Waals surface area contributed by atoms with E-state index in [1.807, 2.05) is 34.9 Å². The maximum absolute atomic E-state index is 12.6. The van der Waals surface area contributed by atoms with Gasteiger partial charge in [0.25, 0.3) is 5.91 Å². The number of benzene rings is 2. The summed E-state index contributed by atoms with van der Waals surface area (Å²) in [6.07, 6.45) is 1.44. The number of methoxy groups -OCH3 is 1.